The standard InChI is InChI=1S/C13H22N2O/c14-9-10-5-4-7-11(10)15-12-6-2-1-3-8-13(12)16/h10-13,15-16H,1-8H2. The van der Waals surface area contributed by atoms with E-state index < -0.39 is 0 Å². The molecule has 3 nitrogen and oxygen atoms in total. The molecule has 2 aliphatic carbocycles. The van der Waals surface area contributed by atoms with Crippen molar-refractivity contribution >= 4 is 0 Å². The van der Waals surface area contributed by atoms with Crippen LogP contribution in [-0.2, 0) is 0 Å². The number of nitrogens with one attached hydrogen (secondary N) is 1. The van der Waals surface area contributed by atoms with Crippen LogP contribution in [0.25, 0.3) is 0 Å². The molecule has 4 atom stereocenters. The van der Waals surface area contributed by atoms with Crippen LogP contribution < -0.4 is 5.32 Å². The third-order valence-corrected chi connectivity index (χ3v) is 4.09. The highest BCUT2D eigenvalue weighted by atomic mass is 16.3. The van der Waals surface area contributed by atoms with Crippen molar-refractivity contribution in [3.63, 3.8) is 0 Å². The van der Waals surface area contributed by atoms with Gasteiger partial charge in [-0.3, -0.25) is 0 Å². The van der Waals surface area contributed by atoms with E-state index in [1.807, 2.05) is 0 Å². The summed E-state index contributed by atoms with van der Waals surface area (Å²) < 4.78 is 0. The lowest BCUT2D eigenvalue weighted by atomic mass is 10.0. The predicted octanol–water partition coefficient (Wildman–Crippen LogP) is 1.96. The van der Waals surface area contributed by atoms with Gasteiger partial charge in [-0.05, 0) is 25.7 Å². The zero-order valence-electron chi connectivity index (χ0n) is 9.86. The first-order valence-corrected chi connectivity index (χ1v) is 6.65. The molecule has 2 aliphatic rings. The summed E-state index contributed by atoms with van der Waals surface area (Å²) in [5.74, 6) is 0.162. The van der Waals surface area contributed by atoms with Crippen molar-refractivity contribution in [2.45, 2.75) is 69.6 Å². The number of hydrogen-bond acceptors (Lipinski definition) is 3. The lowest BCUT2D eigenvalue weighted by Gasteiger charge is -2.27. The fraction of sp³-hybridized carbons (Fsp3) is 0.923. The van der Waals surface area contributed by atoms with Gasteiger partial charge in [0.05, 0.1) is 18.1 Å². The SMILES string of the molecule is N#CC1CCCC1NC1CCCCCC1O. The molecule has 0 spiro atoms. The second-order valence-corrected chi connectivity index (χ2v) is 5.25. The summed E-state index contributed by atoms with van der Waals surface area (Å²) in [5.41, 5.74) is 0. The molecule has 0 amide bonds. The molecule has 2 saturated carbocycles. The molecule has 0 heterocycles. The molecule has 2 fully saturated rings. The number of aliphatic hydroxyl groups excluding tert-OH is 1. The van der Waals surface area contributed by atoms with E-state index in [4.69, 9.17) is 5.26 Å². The second kappa shape index (κ2) is 5.65. The third-order valence-electron chi connectivity index (χ3n) is 4.09. The first kappa shape index (κ1) is 11.9. The van der Waals surface area contributed by atoms with Gasteiger partial charge in [0.1, 0.15) is 0 Å². The minimum atomic E-state index is -0.206. The average molecular weight is 222 g/mol. The van der Waals surface area contributed by atoms with Crippen LogP contribution in [0.5, 0.6) is 0 Å². The van der Waals surface area contributed by atoms with Gasteiger partial charge in [-0.25, -0.2) is 0 Å². The summed E-state index contributed by atoms with van der Waals surface area (Å²) in [7, 11) is 0. The fourth-order valence-corrected chi connectivity index (χ4v) is 3.07. The normalized spacial score (nSPS) is 40.2. The van der Waals surface area contributed by atoms with Crippen molar-refractivity contribution in [1.82, 2.24) is 5.32 Å². The average Bonchev–Trinajstić information content (AvgIpc) is 2.64. The molecule has 16 heavy (non-hydrogen) atoms. The molecule has 0 aliphatic heterocycles. The van der Waals surface area contributed by atoms with Crippen molar-refractivity contribution in [1.29, 1.82) is 5.26 Å². The Bertz CT molecular complexity index is 261. The molecule has 0 aromatic carbocycles. The summed E-state index contributed by atoms with van der Waals surface area (Å²) >= 11 is 0. The van der Waals surface area contributed by atoms with Crippen molar-refractivity contribution in [3.05, 3.63) is 0 Å². The third kappa shape index (κ3) is 2.75. The van der Waals surface area contributed by atoms with E-state index >= 15 is 0 Å². The molecule has 0 aromatic rings. The topological polar surface area (TPSA) is 56.0 Å². The van der Waals surface area contributed by atoms with E-state index in [1.165, 1.54) is 12.8 Å². The maximum absolute atomic E-state index is 10.0. The van der Waals surface area contributed by atoms with Crippen LogP contribution in [-0.4, -0.2) is 23.3 Å². The molecular weight excluding hydrogens is 200 g/mol. The van der Waals surface area contributed by atoms with Gasteiger partial charge >= 0.3 is 0 Å². The zero-order valence-corrected chi connectivity index (χ0v) is 9.86. The van der Waals surface area contributed by atoms with Gasteiger partial charge in [0.25, 0.3) is 0 Å². The Hall–Kier alpha value is -0.590. The van der Waals surface area contributed by atoms with Gasteiger partial charge in [0.15, 0.2) is 0 Å². The first-order valence-electron chi connectivity index (χ1n) is 6.65. The highest BCUT2D eigenvalue weighted by molar-refractivity contribution is 4.98. The smallest absolute Gasteiger partial charge is 0.0693 e. The van der Waals surface area contributed by atoms with Gasteiger partial charge in [-0.1, -0.05) is 25.7 Å². The summed E-state index contributed by atoms with van der Waals surface area (Å²) in [4.78, 5) is 0. The molecule has 90 valence electrons. The van der Waals surface area contributed by atoms with Crippen LogP contribution in [0.1, 0.15) is 51.4 Å². The van der Waals surface area contributed by atoms with Crippen LogP contribution in [0.3, 0.4) is 0 Å². The fourth-order valence-electron chi connectivity index (χ4n) is 3.07. The Kier molecular flexibility index (Phi) is 4.20. The number of nitriles is 1. The van der Waals surface area contributed by atoms with Crippen molar-refractivity contribution < 1.29 is 5.11 Å². The molecule has 0 saturated heterocycles. The summed E-state index contributed by atoms with van der Waals surface area (Å²) in [6, 6.07) is 2.94. The highest BCUT2D eigenvalue weighted by Gasteiger charge is 2.31. The van der Waals surface area contributed by atoms with Crippen molar-refractivity contribution in [3.8, 4) is 6.07 Å². The van der Waals surface area contributed by atoms with Crippen LogP contribution >= 0.6 is 0 Å². The predicted molar refractivity (Wildman–Crippen MR) is 62.8 cm³/mol. The van der Waals surface area contributed by atoms with Gasteiger partial charge < -0.3 is 10.4 Å². The summed E-state index contributed by atoms with van der Waals surface area (Å²) in [6.45, 7) is 0. The molecule has 0 aromatic heterocycles. The summed E-state index contributed by atoms with van der Waals surface area (Å²) in [5, 5.41) is 22.6. The van der Waals surface area contributed by atoms with Crippen LogP contribution in [0, 0.1) is 17.2 Å². The molecule has 2 rings (SSSR count). The van der Waals surface area contributed by atoms with E-state index in [9.17, 15) is 5.11 Å². The van der Waals surface area contributed by atoms with Crippen molar-refractivity contribution in [2.24, 2.45) is 5.92 Å². The number of hydrogen-bond donors (Lipinski definition) is 2. The molecular formula is C13H22N2O. The lowest BCUT2D eigenvalue weighted by molar-refractivity contribution is 0.112. The lowest BCUT2D eigenvalue weighted by Crippen LogP contribution is -2.46. The minimum absolute atomic E-state index is 0.162. The molecule has 2 N–H and O–H groups in total. The number of nitrogens with zero attached hydrogens (tertiary/aromatic N) is 1. The monoisotopic (exact) mass is 222 g/mol. The largest absolute Gasteiger partial charge is 0.392 e. The van der Waals surface area contributed by atoms with Gasteiger partial charge in [0, 0.05) is 12.1 Å². The van der Waals surface area contributed by atoms with E-state index in [1.54, 1.807) is 0 Å². The summed E-state index contributed by atoms with van der Waals surface area (Å²) in [6.07, 6.45) is 8.64. The quantitative estimate of drug-likeness (QED) is 0.702. The maximum atomic E-state index is 10.0. The molecule has 0 bridgehead atoms. The second-order valence-electron chi connectivity index (χ2n) is 5.25. The highest BCUT2D eigenvalue weighted by Crippen LogP contribution is 2.27. The maximum Gasteiger partial charge on any atom is 0.0693 e. The van der Waals surface area contributed by atoms with Crippen LogP contribution in [0.15, 0.2) is 0 Å². The van der Waals surface area contributed by atoms with E-state index in [-0.39, 0.29) is 18.1 Å². The Morgan fingerprint density at radius 3 is 2.50 bits per heavy atom. The Balaban J connectivity index is 1.89. The van der Waals surface area contributed by atoms with Crippen LogP contribution in [0.4, 0.5) is 0 Å². The van der Waals surface area contributed by atoms with Crippen LogP contribution in [0.2, 0.25) is 0 Å². The first-order chi connectivity index (χ1) is 7.81. The number of aliphatic hydroxyl groups is 1. The van der Waals surface area contributed by atoms with E-state index in [0.717, 1.165) is 38.5 Å². The zero-order chi connectivity index (χ0) is 11.4. The molecule has 0 radical (unpaired) electrons. The van der Waals surface area contributed by atoms with E-state index in [2.05, 4.69) is 11.4 Å². The van der Waals surface area contributed by atoms with Gasteiger partial charge in [-0.15, -0.1) is 0 Å². The molecule has 3 heteroatoms. The van der Waals surface area contributed by atoms with Gasteiger partial charge in [-0.2, -0.15) is 5.26 Å². The van der Waals surface area contributed by atoms with E-state index in [0.29, 0.717) is 6.04 Å². The van der Waals surface area contributed by atoms with Crippen molar-refractivity contribution in [2.75, 3.05) is 0 Å². The molecule has 4 unspecified atom stereocenters. The number of rotatable bonds is 2. The Labute approximate surface area is 97.8 Å². The Morgan fingerprint density at radius 1 is 0.938 bits per heavy atom. The minimum Gasteiger partial charge on any atom is -0.392 e. The van der Waals surface area contributed by atoms with Gasteiger partial charge in [0.2, 0.25) is 0 Å². The Morgan fingerprint density at radius 2 is 1.69 bits per heavy atom.